The van der Waals surface area contributed by atoms with E-state index in [-0.39, 0.29) is 12.0 Å². The first-order chi connectivity index (χ1) is 5.59. The van der Waals surface area contributed by atoms with Gasteiger partial charge < -0.3 is 10.1 Å². The maximum absolute atomic E-state index is 11.3. The highest BCUT2D eigenvalue weighted by atomic mass is 16.5. The maximum atomic E-state index is 11.3. The van der Waals surface area contributed by atoms with Gasteiger partial charge in [-0.05, 0) is 5.41 Å². The Morgan fingerprint density at radius 2 is 2.25 bits per heavy atom. The van der Waals surface area contributed by atoms with Crippen LogP contribution in [0.15, 0.2) is 0 Å². The summed E-state index contributed by atoms with van der Waals surface area (Å²) in [6.45, 7) is 5.58. The molecule has 0 bridgehead atoms. The SMILES string of the molecule is COC(=O)[C@H]1[NH2+]CC2[C@@H]1C2(C)C. The van der Waals surface area contributed by atoms with Gasteiger partial charge in [-0.2, -0.15) is 0 Å². The van der Waals surface area contributed by atoms with E-state index in [4.69, 9.17) is 4.74 Å². The molecular formula is C9H16NO2+. The number of piperidine rings is 1. The highest BCUT2D eigenvalue weighted by Gasteiger charge is 2.69. The predicted molar refractivity (Wildman–Crippen MR) is 43.4 cm³/mol. The van der Waals surface area contributed by atoms with Gasteiger partial charge in [-0.25, -0.2) is 4.79 Å². The van der Waals surface area contributed by atoms with Crippen LogP contribution in [0.1, 0.15) is 13.8 Å². The molecule has 1 saturated heterocycles. The molecule has 0 aromatic rings. The third-order valence-electron chi connectivity index (χ3n) is 3.64. The van der Waals surface area contributed by atoms with Crippen molar-refractivity contribution < 1.29 is 14.8 Å². The molecule has 0 amide bonds. The van der Waals surface area contributed by atoms with E-state index in [1.165, 1.54) is 7.11 Å². The lowest BCUT2D eigenvalue weighted by molar-refractivity contribution is -0.670. The molecule has 1 saturated carbocycles. The van der Waals surface area contributed by atoms with Crippen LogP contribution in [-0.2, 0) is 9.53 Å². The summed E-state index contributed by atoms with van der Waals surface area (Å²) >= 11 is 0. The Labute approximate surface area is 72.5 Å². The topological polar surface area (TPSA) is 42.9 Å². The molecule has 1 aliphatic heterocycles. The molecule has 3 atom stereocenters. The number of esters is 1. The van der Waals surface area contributed by atoms with Crippen LogP contribution in [0.5, 0.6) is 0 Å². The van der Waals surface area contributed by atoms with Crippen LogP contribution in [0.2, 0.25) is 0 Å². The van der Waals surface area contributed by atoms with E-state index in [0.717, 1.165) is 12.5 Å². The number of nitrogens with two attached hydrogens (primary N) is 1. The normalized spacial score (nSPS) is 42.1. The summed E-state index contributed by atoms with van der Waals surface area (Å²) in [5, 5.41) is 2.12. The van der Waals surface area contributed by atoms with Crippen molar-refractivity contribution in [2.75, 3.05) is 13.7 Å². The van der Waals surface area contributed by atoms with E-state index in [2.05, 4.69) is 19.2 Å². The second kappa shape index (κ2) is 2.22. The third-order valence-corrected chi connectivity index (χ3v) is 3.64. The fourth-order valence-corrected chi connectivity index (χ4v) is 2.77. The summed E-state index contributed by atoms with van der Waals surface area (Å²) in [5.74, 6) is 1.25. The summed E-state index contributed by atoms with van der Waals surface area (Å²) in [4.78, 5) is 11.3. The van der Waals surface area contributed by atoms with Crippen molar-refractivity contribution in [3.05, 3.63) is 0 Å². The number of rotatable bonds is 1. The molecule has 3 nitrogen and oxygen atoms in total. The van der Waals surface area contributed by atoms with Gasteiger partial charge in [0.1, 0.15) is 0 Å². The van der Waals surface area contributed by atoms with Crippen LogP contribution in [0, 0.1) is 17.3 Å². The zero-order valence-corrected chi connectivity index (χ0v) is 7.83. The van der Waals surface area contributed by atoms with Gasteiger partial charge in [0.25, 0.3) is 0 Å². The van der Waals surface area contributed by atoms with Crippen LogP contribution in [-0.4, -0.2) is 25.7 Å². The quantitative estimate of drug-likeness (QED) is 0.533. The Bertz CT molecular complexity index is 225. The summed E-state index contributed by atoms with van der Waals surface area (Å²) in [7, 11) is 1.47. The zero-order valence-electron chi connectivity index (χ0n) is 7.83. The average molecular weight is 170 g/mol. The summed E-state index contributed by atoms with van der Waals surface area (Å²) in [5.41, 5.74) is 0.383. The van der Waals surface area contributed by atoms with E-state index in [1.807, 2.05) is 0 Å². The number of carbonyl (C=O) groups excluding carboxylic acids is 1. The Balaban J connectivity index is 2.08. The van der Waals surface area contributed by atoms with E-state index < -0.39 is 0 Å². The fourth-order valence-electron chi connectivity index (χ4n) is 2.77. The number of hydrogen-bond acceptors (Lipinski definition) is 2. The van der Waals surface area contributed by atoms with E-state index in [9.17, 15) is 4.79 Å². The molecule has 0 aromatic carbocycles. The lowest BCUT2D eigenvalue weighted by Gasteiger charge is -2.13. The lowest BCUT2D eigenvalue weighted by Crippen LogP contribution is -2.90. The van der Waals surface area contributed by atoms with Gasteiger partial charge in [-0.1, -0.05) is 13.8 Å². The first-order valence-electron chi connectivity index (χ1n) is 4.50. The van der Waals surface area contributed by atoms with E-state index >= 15 is 0 Å². The lowest BCUT2D eigenvalue weighted by atomic mass is 10.0. The van der Waals surface area contributed by atoms with Gasteiger partial charge in [-0.15, -0.1) is 0 Å². The summed E-state index contributed by atoms with van der Waals surface area (Å²) < 4.78 is 4.75. The summed E-state index contributed by atoms with van der Waals surface area (Å²) in [6, 6.07) is 0.0787. The molecule has 0 spiro atoms. The first-order valence-corrected chi connectivity index (χ1v) is 4.50. The van der Waals surface area contributed by atoms with Crippen molar-refractivity contribution in [3.63, 3.8) is 0 Å². The van der Waals surface area contributed by atoms with Crippen molar-refractivity contribution >= 4 is 5.97 Å². The highest BCUT2D eigenvalue weighted by Crippen LogP contribution is 2.60. The highest BCUT2D eigenvalue weighted by molar-refractivity contribution is 5.75. The van der Waals surface area contributed by atoms with Crippen LogP contribution in [0.25, 0.3) is 0 Å². The molecule has 1 unspecified atom stereocenters. The van der Waals surface area contributed by atoms with Crippen molar-refractivity contribution in [2.45, 2.75) is 19.9 Å². The number of carbonyl (C=O) groups is 1. The van der Waals surface area contributed by atoms with Gasteiger partial charge >= 0.3 is 5.97 Å². The number of hydrogen-bond donors (Lipinski definition) is 1. The Morgan fingerprint density at radius 3 is 2.67 bits per heavy atom. The van der Waals surface area contributed by atoms with Crippen molar-refractivity contribution in [3.8, 4) is 0 Å². The molecule has 12 heavy (non-hydrogen) atoms. The summed E-state index contributed by atoms with van der Waals surface area (Å²) in [6.07, 6.45) is 0. The molecule has 68 valence electrons. The van der Waals surface area contributed by atoms with Gasteiger partial charge in [0.05, 0.1) is 13.7 Å². The zero-order chi connectivity index (χ0) is 8.93. The standard InChI is InChI=1S/C9H15NO2/c1-9(2)5-4-10-7(6(5)9)8(11)12-3/h5-7,10H,4H2,1-3H3/p+1/t5?,6-,7-/m0/s1. The van der Waals surface area contributed by atoms with Crippen LogP contribution in [0.3, 0.4) is 0 Å². The second-order valence-corrected chi connectivity index (χ2v) is 4.47. The molecule has 2 fully saturated rings. The molecular weight excluding hydrogens is 154 g/mol. The molecule has 2 N–H and O–H groups in total. The Morgan fingerprint density at radius 1 is 1.58 bits per heavy atom. The molecule has 0 aromatic heterocycles. The third kappa shape index (κ3) is 0.829. The monoisotopic (exact) mass is 170 g/mol. The van der Waals surface area contributed by atoms with Gasteiger partial charge in [0, 0.05) is 11.8 Å². The number of fused-ring (bicyclic) bond motifs is 1. The van der Waals surface area contributed by atoms with Crippen molar-refractivity contribution in [2.24, 2.45) is 17.3 Å². The first kappa shape index (κ1) is 8.05. The molecule has 2 aliphatic rings. The molecule has 3 heteroatoms. The van der Waals surface area contributed by atoms with Crippen LogP contribution < -0.4 is 5.32 Å². The minimum atomic E-state index is -0.0481. The number of quaternary nitrogens is 1. The van der Waals surface area contributed by atoms with Gasteiger partial charge in [0.2, 0.25) is 0 Å². The minimum Gasteiger partial charge on any atom is -0.465 e. The Hall–Kier alpha value is -0.570. The van der Waals surface area contributed by atoms with Crippen molar-refractivity contribution in [1.82, 2.24) is 0 Å². The van der Waals surface area contributed by atoms with Gasteiger partial charge in [-0.3, -0.25) is 0 Å². The predicted octanol–water partition coefficient (Wildman–Crippen LogP) is -0.623. The van der Waals surface area contributed by atoms with Gasteiger partial charge in [0.15, 0.2) is 6.04 Å². The smallest absolute Gasteiger partial charge is 0.364 e. The molecule has 0 radical (unpaired) electrons. The molecule has 1 heterocycles. The Kier molecular flexibility index (Phi) is 1.49. The molecule has 1 aliphatic carbocycles. The number of ether oxygens (including phenoxy) is 1. The number of methoxy groups -OCH3 is 1. The molecule has 2 rings (SSSR count). The largest absolute Gasteiger partial charge is 0.465 e. The van der Waals surface area contributed by atoms with E-state index in [0.29, 0.717) is 11.3 Å². The van der Waals surface area contributed by atoms with E-state index in [1.54, 1.807) is 0 Å². The van der Waals surface area contributed by atoms with Crippen molar-refractivity contribution in [1.29, 1.82) is 0 Å². The van der Waals surface area contributed by atoms with Crippen LogP contribution in [0.4, 0.5) is 0 Å². The minimum absolute atomic E-state index is 0.0481. The van der Waals surface area contributed by atoms with Crippen LogP contribution >= 0.6 is 0 Å². The average Bonchev–Trinajstić information content (AvgIpc) is 2.52. The second-order valence-electron chi connectivity index (χ2n) is 4.47. The fraction of sp³-hybridized carbons (Fsp3) is 0.889. The maximum Gasteiger partial charge on any atom is 0.364 e.